The van der Waals surface area contributed by atoms with Gasteiger partial charge in [0.25, 0.3) is 0 Å². The lowest BCUT2D eigenvalue weighted by atomic mass is 9.99. The maximum Gasteiger partial charge on any atom is 0.342 e. The number of ether oxygens (including phenoxy) is 1. The molecule has 0 radical (unpaired) electrons. The molecule has 0 aromatic heterocycles. The largest absolute Gasteiger partial charge is 0.507 e. The van der Waals surface area contributed by atoms with Crippen LogP contribution in [0.5, 0.6) is 11.5 Å². The van der Waals surface area contributed by atoms with Gasteiger partial charge in [-0.05, 0) is 31.4 Å². The molecule has 31 heavy (non-hydrogen) atoms. The highest BCUT2D eigenvalue weighted by Gasteiger charge is 2.26. The Morgan fingerprint density at radius 2 is 1.84 bits per heavy atom. The number of ketones is 1. The third-order valence-electron chi connectivity index (χ3n) is 5.07. The lowest BCUT2D eigenvalue weighted by Crippen LogP contribution is -2.22. The Hall–Kier alpha value is -3.05. The molecule has 1 atom stereocenters. The van der Waals surface area contributed by atoms with Crippen LogP contribution in [0.2, 0.25) is 5.02 Å². The van der Waals surface area contributed by atoms with E-state index in [0.717, 1.165) is 23.6 Å². The van der Waals surface area contributed by atoms with Crippen molar-refractivity contribution >= 4 is 23.4 Å². The number of phenolic OH excluding ortho intramolecular Hbond substituents is 2. The number of carbonyl (C=O) groups excluding carboxylic acids is 2. The van der Waals surface area contributed by atoms with E-state index in [1.165, 1.54) is 6.08 Å². The number of cyclic esters (lactones) is 1. The Kier molecular flexibility index (Phi) is 7.53. The summed E-state index contributed by atoms with van der Waals surface area (Å²) in [5.74, 6) is -1.95. The Balaban J connectivity index is 1.99. The van der Waals surface area contributed by atoms with Crippen LogP contribution in [0.4, 0.5) is 0 Å². The zero-order valence-electron chi connectivity index (χ0n) is 17.3. The van der Waals surface area contributed by atoms with Crippen molar-refractivity contribution in [1.82, 2.24) is 0 Å². The van der Waals surface area contributed by atoms with Crippen molar-refractivity contribution in [2.24, 2.45) is 0 Å². The van der Waals surface area contributed by atoms with Crippen molar-refractivity contribution in [2.45, 2.75) is 45.1 Å². The quantitative estimate of drug-likeness (QED) is 0.493. The van der Waals surface area contributed by atoms with Gasteiger partial charge in [-0.3, -0.25) is 4.79 Å². The monoisotopic (exact) mass is 440 g/mol. The van der Waals surface area contributed by atoms with Crippen LogP contribution in [0.3, 0.4) is 0 Å². The normalized spacial score (nSPS) is 19.7. The fourth-order valence-corrected chi connectivity index (χ4v) is 3.79. The molecule has 0 aliphatic carbocycles. The molecule has 3 rings (SSSR count). The molecule has 0 amide bonds. The predicted molar refractivity (Wildman–Crippen MR) is 120 cm³/mol. The predicted octanol–water partition coefficient (Wildman–Crippen LogP) is 5.24. The number of phenols is 2. The third-order valence-corrected chi connectivity index (χ3v) is 5.49. The van der Waals surface area contributed by atoms with E-state index in [1.807, 2.05) is 43.3 Å². The summed E-state index contributed by atoms with van der Waals surface area (Å²) in [6.45, 7) is 2.00. The number of hydrogen-bond acceptors (Lipinski definition) is 5. The summed E-state index contributed by atoms with van der Waals surface area (Å²) in [5.41, 5.74) is 2.00. The maximum absolute atomic E-state index is 13.1. The summed E-state index contributed by atoms with van der Waals surface area (Å²) in [4.78, 5) is 25.4. The molecule has 0 spiro atoms. The minimum Gasteiger partial charge on any atom is -0.507 e. The molecule has 162 valence electrons. The minimum atomic E-state index is -0.783. The molecule has 6 heteroatoms. The molecule has 0 unspecified atom stereocenters. The average Bonchev–Trinajstić information content (AvgIpc) is 2.70. The van der Waals surface area contributed by atoms with E-state index in [4.69, 9.17) is 16.3 Å². The van der Waals surface area contributed by atoms with Crippen LogP contribution >= 0.6 is 11.6 Å². The molecular formula is C25H25ClO5. The highest BCUT2D eigenvalue weighted by Crippen LogP contribution is 2.37. The number of aryl methyl sites for hydroxylation is 1. The van der Waals surface area contributed by atoms with Gasteiger partial charge >= 0.3 is 5.97 Å². The van der Waals surface area contributed by atoms with Gasteiger partial charge < -0.3 is 14.9 Å². The maximum atomic E-state index is 13.1. The number of carbonyl (C=O) groups is 2. The van der Waals surface area contributed by atoms with E-state index in [-0.39, 0.29) is 28.4 Å². The standard InChI is InChI=1S/C25H25ClO5/c1-16-8-7-9-17(12-16)13-19-11-6-4-2-3-5-10-18(27)14-20-23(25(30)31-19)21(28)15-22(29)24(20)26/h4-10,12,15,19,28-29H,2-3,11,13-14H2,1H3/b6-4+,10-5+/t19-/m0/s1. The van der Waals surface area contributed by atoms with E-state index in [0.29, 0.717) is 19.3 Å². The number of halogens is 1. The van der Waals surface area contributed by atoms with Crippen molar-refractivity contribution in [3.63, 3.8) is 0 Å². The lowest BCUT2D eigenvalue weighted by molar-refractivity contribution is -0.114. The molecule has 0 fully saturated rings. The Morgan fingerprint density at radius 1 is 1.06 bits per heavy atom. The summed E-state index contributed by atoms with van der Waals surface area (Å²) >= 11 is 6.19. The molecule has 1 aliphatic rings. The van der Waals surface area contributed by atoms with Crippen LogP contribution in [-0.2, 0) is 22.4 Å². The fraction of sp³-hybridized carbons (Fsp3) is 0.280. The second-order valence-electron chi connectivity index (χ2n) is 7.63. The fourth-order valence-electron chi connectivity index (χ4n) is 3.57. The topological polar surface area (TPSA) is 83.8 Å². The number of aromatic hydroxyl groups is 2. The Labute approximate surface area is 186 Å². The first kappa shape index (κ1) is 22.6. The van der Waals surface area contributed by atoms with Gasteiger partial charge in [-0.15, -0.1) is 0 Å². The highest BCUT2D eigenvalue weighted by molar-refractivity contribution is 6.33. The van der Waals surface area contributed by atoms with Gasteiger partial charge in [-0.2, -0.15) is 0 Å². The van der Waals surface area contributed by atoms with E-state index < -0.39 is 23.6 Å². The van der Waals surface area contributed by atoms with Gasteiger partial charge in [0.05, 0.1) is 5.02 Å². The van der Waals surface area contributed by atoms with Gasteiger partial charge in [0.1, 0.15) is 23.2 Å². The molecule has 0 saturated heterocycles. The molecule has 2 N–H and O–H groups in total. The molecule has 5 nitrogen and oxygen atoms in total. The van der Waals surface area contributed by atoms with Crippen LogP contribution in [0.1, 0.15) is 46.3 Å². The van der Waals surface area contributed by atoms with Crippen molar-refractivity contribution in [3.05, 3.63) is 81.9 Å². The third kappa shape index (κ3) is 5.98. The van der Waals surface area contributed by atoms with Gasteiger partial charge in [0.15, 0.2) is 5.78 Å². The number of esters is 1. The van der Waals surface area contributed by atoms with Crippen LogP contribution in [0.15, 0.2) is 54.6 Å². The molecule has 0 saturated carbocycles. The van der Waals surface area contributed by atoms with Crippen LogP contribution < -0.4 is 0 Å². The average molecular weight is 441 g/mol. The number of rotatable bonds is 2. The minimum absolute atomic E-state index is 0.0562. The van der Waals surface area contributed by atoms with Gasteiger partial charge in [0, 0.05) is 30.9 Å². The molecule has 2 aromatic carbocycles. The summed E-state index contributed by atoms with van der Waals surface area (Å²) in [6.07, 6.45) is 8.88. The molecule has 0 bridgehead atoms. The van der Waals surface area contributed by atoms with Crippen LogP contribution in [0.25, 0.3) is 0 Å². The van der Waals surface area contributed by atoms with Gasteiger partial charge in [0.2, 0.25) is 0 Å². The second-order valence-corrected chi connectivity index (χ2v) is 8.01. The van der Waals surface area contributed by atoms with E-state index in [2.05, 4.69) is 0 Å². The smallest absolute Gasteiger partial charge is 0.342 e. The van der Waals surface area contributed by atoms with Crippen molar-refractivity contribution in [2.75, 3.05) is 0 Å². The molecule has 1 aliphatic heterocycles. The molecule has 2 aromatic rings. The first-order valence-electron chi connectivity index (χ1n) is 10.2. The molecule has 1 heterocycles. The van der Waals surface area contributed by atoms with Crippen molar-refractivity contribution in [3.8, 4) is 11.5 Å². The number of benzene rings is 2. The summed E-state index contributed by atoms with van der Waals surface area (Å²) in [7, 11) is 0. The second kappa shape index (κ2) is 10.3. The lowest BCUT2D eigenvalue weighted by Gasteiger charge is -2.19. The highest BCUT2D eigenvalue weighted by atomic mass is 35.5. The van der Waals surface area contributed by atoms with Crippen LogP contribution in [0, 0.1) is 6.92 Å². The van der Waals surface area contributed by atoms with Crippen molar-refractivity contribution in [1.29, 1.82) is 0 Å². The summed E-state index contributed by atoms with van der Waals surface area (Å²) < 4.78 is 5.76. The zero-order chi connectivity index (χ0) is 22.4. The zero-order valence-corrected chi connectivity index (χ0v) is 18.1. The van der Waals surface area contributed by atoms with E-state index in [1.54, 1.807) is 6.08 Å². The summed E-state index contributed by atoms with van der Waals surface area (Å²) in [5, 5.41) is 20.2. The van der Waals surface area contributed by atoms with E-state index >= 15 is 0 Å². The molecular weight excluding hydrogens is 416 g/mol. The number of hydrogen-bond donors (Lipinski definition) is 2. The first-order chi connectivity index (χ1) is 14.8. The SMILES string of the molecule is Cc1cccc(C[C@@H]2C/C=C/CC/C=C/C(=O)Cc3c(Cl)c(O)cc(O)c3C(=O)O2)c1. The van der Waals surface area contributed by atoms with Gasteiger partial charge in [-0.1, -0.05) is 59.7 Å². The number of allylic oxidation sites excluding steroid dienone is 3. The van der Waals surface area contributed by atoms with Crippen molar-refractivity contribution < 1.29 is 24.5 Å². The Bertz CT molecular complexity index is 1040. The summed E-state index contributed by atoms with van der Waals surface area (Å²) in [6, 6.07) is 8.94. The van der Waals surface area contributed by atoms with Gasteiger partial charge in [-0.25, -0.2) is 4.79 Å². The van der Waals surface area contributed by atoms with E-state index in [9.17, 15) is 19.8 Å². The first-order valence-corrected chi connectivity index (χ1v) is 10.6. The van der Waals surface area contributed by atoms with Crippen LogP contribution in [-0.4, -0.2) is 28.1 Å². The number of fused-ring (bicyclic) bond motifs is 1. The Morgan fingerprint density at radius 3 is 2.61 bits per heavy atom.